The van der Waals surface area contributed by atoms with Gasteiger partial charge in [-0.1, -0.05) is 12.1 Å². The number of ether oxygens (including phenoxy) is 1. The van der Waals surface area contributed by atoms with Crippen molar-refractivity contribution in [3.63, 3.8) is 0 Å². The number of methoxy groups -OCH3 is 1. The van der Waals surface area contributed by atoms with E-state index in [2.05, 4.69) is 0 Å². The summed E-state index contributed by atoms with van der Waals surface area (Å²) < 4.78 is 28.7. The van der Waals surface area contributed by atoms with Gasteiger partial charge in [-0.2, -0.15) is 0 Å². The van der Waals surface area contributed by atoms with Crippen molar-refractivity contribution in [2.45, 2.75) is 27.2 Å². The highest BCUT2D eigenvalue weighted by molar-refractivity contribution is 7.58. The van der Waals surface area contributed by atoms with Gasteiger partial charge >= 0.3 is 7.60 Å². The molecule has 6 heteroatoms. The summed E-state index contributed by atoms with van der Waals surface area (Å²) in [5, 5.41) is 0.369. The van der Waals surface area contributed by atoms with Crippen molar-refractivity contribution in [3.8, 4) is 5.75 Å². The fraction of sp³-hybridized carbons (Fsp3) is 0.438. The zero-order valence-corrected chi connectivity index (χ0v) is 14.4. The fourth-order valence-corrected chi connectivity index (χ4v) is 3.73. The van der Waals surface area contributed by atoms with Gasteiger partial charge in [-0.3, -0.25) is 9.36 Å². The first-order valence-electron chi connectivity index (χ1n) is 7.19. The van der Waals surface area contributed by atoms with Crippen LogP contribution < -0.4 is 4.74 Å². The van der Waals surface area contributed by atoms with Gasteiger partial charge < -0.3 is 13.8 Å². The lowest BCUT2D eigenvalue weighted by Crippen LogP contribution is -2.02. The Morgan fingerprint density at radius 3 is 2.09 bits per heavy atom. The van der Waals surface area contributed by atoms with Gasteiger partial charge in [0.25, 0.3) is 0 Å². The fourth-order valence-electron chi connectivity index (χ4n) is 1.92. The first-order chi connectivity index (χ1) is 10.4. The summed E-state index contributed by atoms with van der Waals surface area (Å²) in [5.74, 6) is 0.627. The zero-order valence-electron chi connectivity index (χ0n) is 13.5. The Morgan fingerprint density at radius 2 is 1.68 bits per heavy atom. The van der Waals surface area contributed by atoms with E-state index < -0.39 is 7.60 Å². The molecule has 0 aliphatic rings. The molecule has 0 bridgehead atoms. The predicted octanol–water partition coefficient (Wildman–Crippen LogP) is 4.28. The summed E-state index contributed by atoms with van der Waals surface area (Å²) in [7, 11) is -1.87. The van der Waals surface area contributed by atoms with Crippen molar-refractivity contribution in [2.24, 2.45) is 0 Å². The molecule has 22 heavy (non-hydrogen) atoms. The summed E-state index contributed by atoms with van der Waals surface area (Å²) in [6.07, 6.45) is 1.72. The highest BCUT2D eigenvalue weighted by Gasteiger charge is 2.30. The third kappa shape index (κ3) is 5.41. The van der Waals surface area contributed by atoms with E-state index in [-0.39, 0.29) is 25.4 Å². The summed E-state index contributed by atoms with van der Waals surface area (Å²) >= 11 is 0. The van der Waals surface area contributed by atoms with Crippen molar-refractivity contribution in [2.75, 3.05) is 20.3 Å². The van der Waals surface area contributed by atoms with Crippen LogP contribution in [0, 0.1) is 0 Å². The molecule has 0 heterocycles. The minimum atomic E-state index is -3.46. The number of hydrogen-bond acceptors (Lipinski definition) is 5. The van der Waals surface area contributed by atoms with Crippen molar-refractivity contribution in [1.29, 1.82) is 0 Å². The Labute approximate surface area is 131 Å². The molecule has 0 saturated carbocycles. The maximum atomic E-state index is 12.9. The van der Waals surface area contributed by atoms with Gasteiger partial charge in [0.1, 0.15) is 11.5 Å². The molecular formula is C16H23O5P. The van der Waals surface area contributed by atoms with E-state index in [1.165, 1.54) is 6.92 Å². The average Bonchev–Trinajstić information content (AvgIpc) is 2.47. The third-order valence-electron chi connectivity index (χ3n) is 2.83. The second kappa shape index (κ2) is 8.89. The lowest BCUT2D eigenvalue weighted by molar-refractivity contribution is -0.116. The van der Waals surface area contributed by atoms with E-state index in [0.29, 0.717) is 5.31 Å². The van der Waals surface area contributed by atoms with Crippen LogP contribution in [0.4, 0.5) is 0 Å². The SMILES string of the molecule is CCOP(=O)(OCC)/C(=C/c1ccc(OC)cc1)CC(C)=O. The average molecular weight is 326 g/mol. The second-order valence-electron chi connectivity index (χ2n) is 4.62. The molecular weight excluding hydrogens is 303 g/mol. The molecule has 1 rings (SSSR count). The molecule has 0 atom stereocenters. The van der Waals surface area contributed by atoms with Crippen LogP contribution >= 0.6 is 7.60 Å². The number of hydrogen-bond donors (Lipinski definition) is 0. The van der Waals surface area contributed by atoms with Crippen molar-refractivity contribution < 1.29 is 23.1 Å². The number of rotatable bonds is 9. The van der Waals surface area contributed by atoms with Crippen molar-refractivity contribution >= 4 is 19.5 Å². The van der Waals surface area contributed by atoms with Crippen LogP contribution in [0.25, 0.3) is 6.08 Å². The van der Waals surface area contributed by atoms with Gasteiger partial charge in [0.05, 0.1) is 20.3 Å². The first kappa shape index (κ1) is 18.6. The van der Waals surface area contributed by atoms with Crippen LogP contribution in [0.2, 0.25) is 0 Å². The van der Waals surface area contributed by atoms with Gasteiger partial charge in [0, 0.05) is 11.7 Å². The monoisotopic (exact) mass is 326 g/mol. The highest BCUT2D eigenvalue weighted by atomic mass is 31.2. The number of carbonyl (C=O) groups is 1. The van der Waals surface area contributed by atoms with Crippen LogP contribution in [-0.2, 0) is 18.4 Å². The first-order valence-corrected chi connectivity index (χ1v) is 8.73. The molecule has 0 fully saturated rings. The number of carbonyl (C=O) groups excluding carboxylic acids is 1. The number of benzene rings is 1. The normalized spacial score (nSPS) is 12.3. The lowest BCUT2D eigenvalue weighted by Gasteiger charge is -2.19. The predicted molar refractivity (Wildman–Crippen MR) is 87.1 cm³/mol. The smallest absolute Gasteiger partial charge is 0.357 e. The lowest BCUT2D eigenvalue weighted by atomic mass is 10.2. The maximum Gasteiger partial charge on any atom is 0.357 e. The van der Waals surface area contributed by atoms with Gasteiger partial charge in [-0.05, 0) is 44.5 Å². The molecule has 1 aromatic rings. The maximum absolute atomic E-state index is 12.9. The molecule has 0 saturated heterocycles. The molecule has 5 nitrogen and oxygen atoms in total. The van der Waals surface area contributed by atoms with Crippen molar-refractivity contribution in [3.05, 3.63) is 35.1 Å². The topological polar surface area (TPSA) is 61.8 Å². The minimum Gasteiger partial charge on any atom is -0.497 e. The Hall–Kier alpha value is -1.42. The molecule has 122 valence electrons. The largest absolute Gasteiger partial charge is 0.497 e. The Balaban J connectivity index is 3.21. The van der Waals surface area contributed by atoms with E-state index >= 15 is 0 Å². The van der Waals surface area contributed by atoms with E-state index in [1.807, 2.05) is 12.1 Å². The molecule has 0 spiro atoms. The number of allylic oxidation sites excluding steroid dienone is 1. The number of Topliss-reactive ketones (excluding diaryl/α,β-unsaturated/α-hetero) is 1. The van der Waals surface area contributed by atoms with Gasteiger partial charge in [-0.15, -0.1) is 0 Å². The second-order valence-corrected chi connectivity index (χ2v) is 6.71. The third-order valence-corrected chi connectivity index (χ3v) is 5.02. The summed E-state index contributed by atoms with van der Waals surface area (Å²) in [5.41, 5.74) is 0.802. The molecule has 0 aromatic heterocycles. The molecule has 0 amide bonds. The minimum absolute atomic E-state index is 0.0311. The zero-order chi connectivity index (χ0) is 16.6. The van der Waals surface area contributed by atoms with Crippen LogP contribution in [0.15, 0.2) is 29.6 Å². The summed E-state index contributed by atoms with van der Waals surface area (Å²) in [4.78, 5) is 11.5. The van der Waals surface area contributed by atoms with Crippen LogP contribution in [-0.4, -0.2) is 26.1 Å². The summed E-state index contributed by atoms with van der Waals surface area (Å²) in [6.45, 7) is 5.42. The van der Waals surface area contributed by atoms with Gasteiger partial charge in [0.2, 0.25) is 0 Å². The van der Waals surface area contributed by atoms with Crippen LogP contribution in [0.3, 0.4) is 0 Å². The Kier molecular flexibility index (Phi) is 7.52. The van der Waals surface area contributed by atoms with Gasteiger partial charge in [0.15, 0.2) is 0 Å². The standard InChI is InChI=1S/C16H23O5P/c1-5-20-22(18,21-6-2)16(11-13(3)17)12-14-7-9-15(19-4)10-8-14/h7-10,12H,5-6,11H2,1-4H3/b16-12+. The molecule has 0 aliphatic carbocycles. The molecule has 1 aromatic carbocycles. The number of ketones is 1. The van der Waals surface area contributed by atoms with Gasteiger partial charge in [-0.25, -0.2) is 0 Å². The van der Waals surface area contributed by atoms with Crippen LogP contribution in [0.1, 0.15) is 32.8 Å². The van der Waals surface area contributed by atoms with E-state index in [0.717, 1.165) is 11.3 Å². The quantitative estimate of drug-likeness (QED) is 0.634. The Morgan fingerprint density at radius 1 is 1.14 bits per heavy atom. The molecule has 0 radical (unpaired) electrons. The summed E-state index contributed by atoms with van der Waals surface area (Å²) in [6, 6.07) is 7.23. The van der Waals surface area contributed by atoms with E-state index in [9.17, 15) is 9.36 Å². The Bertz CT molecular complexity index is 552. The molecule has 0 unspecified atom stereocenters. The molecule has 0 N–H and O–H groups in total. The van der Waals surface area contributed by atoms with E-state index in [4.69, 9.17) is 13.8 Å². The van der Waals surface area contributed by atoms with Crippen molar-refractivity contribution in [1.82, 2.24) is 0 Å². The highest BCUT2D eigenvalue weighted by Crippen LogP contribution is 2.57. The van der Waals surface area contributed by atoms with E-state index in [1.54, 1.807) is 39.2 Å². The van der Waals surface area contributed by atoms with Crippen LogP contribution in [0.5, 0.6) is 5.75 Å². The molecule has 0 aliphatic heterocycles.